The molecule has 0 aliphatic rings. The SMILES string of the molecule is CNc1ccc(C(=O)Oc2c(C)cccc2C)cc1[N+](=O)[O-]. The largest absolute Gasteiger partial charge is 0.422 e. The number of aryl methyl sites for hydroxylation is 2. The number of carbonyl (C=O) groups excluding carboxylic acids is 1. The van der Waals surface area contributed by atoms with Crippen molar-refractivity contribution in [3.8, 4) is 5.75 Å². The number of esters is 1. The molecule has 0 radical (unpaired) electrons. The van der Waals surface area contributed by atoms with Crippen LogP contribution in [0.2, 0.25) is 0 Å². The Balaban J connectivity index is 2.34. The molecule has 2 rings (SSSR count). The molecule has 1 N–H and O–H groups in total. The van der Waals surface area contributed by atoms with Gasteiger partial charge in [-0.3, -0.25) is 10.1 Å². The fourth-order valence-electron chi connectivity index (χ4n) is 2.13. The van der Waals surface area contributed by atoms with Crippen LogP contribution in [0.3, 0.4) is 0 Å². The molecule has 6 nitrogen and oxygen atoms in total. The molecule has 114 valence electrons. The van der Waals surface area contributed by atoms with Gasteiger partial charge >= 0.3 is 5.97 Å². The summed E-state index contributed by atoms with van der Waals surface area (Å²) < 4.78 is 5.39. The van der Waals surface area contributed by atoms with Gasteiger partial charge in [0.1, 0.15) is 11.4 Å². The number of ether oxygens (including phenoxy) is 1. The summed E-state index contributed by atoms with van der Waals surface area (Å²) in [6.07, 6.45) is 0. The van der Waals surface area contributed by atoms with Gasteiger partial charge in [0, 0.05) is 13.1 Å². The molecule has 0 amide bonds. The van der Waals surface area contributed by atoms with Gasteiger partial charge in [0.2, 0.25) is 0 Å². The maximum atomic E-state index is 12.2. The normalized spacial score (nSPS) is 10.1. The topological polar surface area (TPSA) is 81.5 Å². The summed E-state index contributed by atoms with van der Waals surface area (Å²) in [5.74, 6) is -0.143. The van der Waals surface area contributed by atoms with E-state index in [-0.39, 0.29) is 11.3 Å². The highest BCUT2D eigenvalue weighted by Crippen LogP contribution is 2.27. The highest BCUT2D eigenvalue weighted by Gasteiger charge is 2.19. The summed E-state index contributed by atoms with van der Waals surface area (Å²) in [5.41, 5.74) is 1.96. The zero-order valence-corrected chi connectivity index (χ0v) is 12.5. The van der Waals surface area contributed by atoms with E-state index < -0.39 is 10.9 Å². The molecule has 0 spiro atoms. The molecule has 0 heterocycles. The van der Waals surface area contributed by atoms with Crippen LogP contribution in [0.15, 0.2) is 36.4 Å². The van der Waals surface area contributed by atoms with E-state index in [1.54, 1.807) is 7.05 Å². The number of para-hydroxylation sites is 1. The predicted octanol–water partition coefficient (Wildman–Crippen LogP) is 3.47. The van der Waals surface area contributed by atoms with Crippen molar-refractivity contribution in [1.29, 1.82) is 0 Å². The van der Waals surface area contributed by atoms with E-state index in [1.807, 2.05) is 32.0 Å². The molecule has 0 saturated carbocycles. The predicted molar refractivity (Wildman–Crippen MR) is 83.5 cm³/mol. The summed E-state index contributed by atoms with van der Waals surface area (Å²) in [7, 11) is 1.58. The molecule has 0 bridgehead atoms. The minimum atomic E-state index is -0.622. The van der Waals surface area contributed by atoms with Gasteiger partial charge in [-0.15, -0.1) is 0 Å². The quantitative estimate of drug-likeness (QED) is 0.404. The number of hydrogen-bond donors (Lipinski definition) is 1. The Labute approximate surface area is 127 Å². The molecule has 2 aromatic carbocycles. The Hall–Kier alpha value is -2.89. The number of nitro groups is 1. The lowest BCUT2D eigenvalue weighted by molar-refractivity contribution is -0.384. The van der Waals surface area contributed by atoms with Crippen LogP contribution in [0.1, 0.15) is 21.5 Å². The molecule has 6 heteroatoms. The number of benzene rings is 2. The summed E-state index contributed by atoms with van der Waals surface area (Å²) in [5, 5.41) is 13.8. The molecule has 22 heavy (non-hydrogen) atoms. The van der Waals surface area contributed by atoms with Gasteiger partial charge in [-0.1, -0.05) is 18.2 Å². The van der Waals surface area contributed by atoms with Crippen molar-refractivity contribution in [1.82, 2.24) is 0 Å². The monoisotopic (exact) mass is 300 g/mol. The van der Waals surface area contributed by atoms with Crippen molar-refractivity contribution in [3.63, 3.8) is 0 Å². The maximum Gasteiger partial charge on any atom is 0.343 e. The first-order valence-corrected chi connectivity index (χ1v) is 6.68. The molecular formula is C16H16N2O4. The van der Waals surface area contributed by atoms with Crippen molar-refractivity contribution < 1.29 is 14.5 Å². The van der Waals surface area contributed by atoms with Crippen molar-refractivity contribution in [2.24, 2.45) is 0 Å². The minimum Gasteiger partial charge on any atom is -0.422 e. The molecule has 0 aromatic heterocycles. The third-order valence-electron chi connectivity index (χ3n) is 3.30. The highest BCUT2D eigenvalue weighted by atomic mass is 16.6. The smallest absolute Gasteiger partial charge is 0.343 e. The molecule has 0 aliphatic carbocycles. The van der Waals surface area contributed by atoms with E-state index in [9.17, 15) is 14.9 Å². The molecule has 0 atom stereocenters. The van der Waals surface area contributed by atoms with Gasteiger partial charge in [0.25, 0.3) is 5.69 Å². The average molecular weight is 300 g/mol. The number of anilines is 1. The number of nitrogens with one attached hydrogen (secondary N) is 1. The van der Waals surface area contributed by atoms with Gasteiger partial charge in [0.05, 0.1) is 10.5 Å². The summed E-state index contributed by atoms with van der Waals surface area (Å²) in [6, 6.07) is 9.73. The van der Waals surface area contributed by atoms with E-state index in [1.165, 1.54) is 18.2 Å². The lowest BCUT2D eigenvalue weighted by Gasteiger charge is -2.10. The Morgan fingerprint density at radius 2 is 1.82 bits per heavy atom. The number of hydrogen-bond acceptors (Lipinski definition) is 5. The Bertz CT molecular complexity index is 721. The van der Waals surface area contributed by atoms with E-state index >= 15 is 0 Å². The van der Waals surface area contributed by atoms with Crippen LogP contribution in [0.5, 0.6) is 5.75 Å². The highest BCUT2D eigenvalue weighted by molar-refractivity contribution is 5.93. The van der Waals surface area contributed by atoms with Gasteiger partial charge in [-0.2, -0.15) is 0 Å². The van der Waals surface area contributed by atoms with Crippen LogP contribution < -0.4 is 10.1 Å². The van der Waals surface area contributed by atoms with Crippen LogP contribution in [-0.2, 0) is 0 Å². The maximum absolute atomic E-state index is 12.2. The van der Waals surface area contributed by atoms with E-state index in [2.05, 4.69) is 5.32 Å². The Morgan fingerprint density at radius 1 is 1.18 bits per heavy atom. The number of nitrogens with zero attached hydrogens (tertiary/aromatic N) is 1. The van der Waals surface area contributed by atoms with Crippen LogP contribution >= 0.6 is 0 Å². The van der Waals surface area contributed by atoms with Crippen molar-refractivity contribution in [3.05, 3.63) is 63.2 Å². The van der Waals surface area contributed by atoms with Crippen LogP contribution in [0.25, 0.3) is 0 Å². The first kappa shape index (κ1) is 15.5. The molecule has 0 saturated heterocycles. The molecule has 0 fully saturated rings. The van der Waals surface area contributed by atoms with E-state index in [0.717, 1.165) is 11.1 Å². The van der Waals surface area contributed by atoms with Crippen molar-refractivity contribution >= 4 is 17.3 Å². The van der Waals surface area contributed by atoms with Crippen LogP contribution in [0, 0.1) is 24.0 Å². The fraction of sp³-hybridized carbons (Fsp3) is 0.188. The second kappa shape index (κ2) is 6.26. The van der Waals surface area contributed by atoms with Crippen LogP contribution in [0.4, 0.5) is 11.4 Å². The molecule has 0 aliphatic heterocycles. The average Bonchev–Trinajstić information content (AvgIpc) is 2.50. The fourth-order valence-corrected chi connectivity index (χ4v) is 2.13. The van der Waals surface area contributed by atoms with Gasteiger partial charge in [-0.05, 0) is 37.1 Å². The zero-order chi connectivity index (χ0) is 16.3. The van der Waals surface area contributed by atoms with Crippen molar-refractivity contribution in [2.75, 3.05) is 12.4 Å². The lowest BCUT2D eigenvalue weighted by atomic mass is 10.1. The van der Waals surface area contributed by atoms with Crippen molar-refractivity contribution in [2.45, 2.75) is 13.8 Å². The zero-order valence-electron chi connectivity index (χ0n) is 12.5. The Morgan fingerprint density at radius 3 is 2.36 bits per heavy atom. The summed E-state index contributed by atoms with van der Waals surface area (Å²) in [6.45, 7) is 3.67. The summed E-state index contributed by atoms with van der Waals surface area (Å²) in [4.78, 5) is 22.7. The molecular weight excluding hydrogens is 284 g/mol. The second-order valence-corrected chi connectivity index (χ2v) is 4.85. The van der Waals surface area contributed by atoms with Gasteiger partial charge < -0.3 is 10.1 Å². The Kier molecular flexibility index (Phi) is 4.41. The second-order valence-electron chi connectivity index (χ2n) is 4.85. The number of carbonyl (C=O) groups is 1. The summed E-state index contributed by atoms with van der Waals surface area (Å²) >= 11 is 0. The third kappa shape index (κ3) is 3.06. The first-order chi connectivity index (χ1) is 10.4. The van der Waals surface area contributed by atoms with E-state index in [0.29, 0.717) is 11.4 Å². The van der Waals surface area contributed by atoms with Gasteiger partial charge in [0.15, 0.2) is 0 Å². The number of nitro benzene ring substituents is 1. The first-order valence-electron chi connectivity index (χ1n) is 6.68. The van der Waals surface area contributed by atoms with E-state index in [4.69, 9.17) is 4.74 Å². The molecule has 0 unspecified atom stereocenters. The molecule has 2 aromatic rings. The number of rotatable bonds is 4. The standard InChI is InChI=1S/C16H16N2O4/c1-10-5-4-6-11(2)15(10)22-16(19)12-7-8-13(17-3)14(9-12)18(20)21/h4-9,17H,1-3H3. The minimum absolute atomic E-state index is 0.133. The third-order valence-corrected chi connectivity index (χ3v) is 3.30. The van der Waals surface area contributed by atoms with Gasteiger partial charge in [-0.25, -0.2) is 4.79 Å². The van der Waals surface area contributed by atoms with Crippen LogP contribution in [-0.4, -0.2) is 17.9 Å². The lowest BCUT2D eigenvalue weighted by Crippen LogP contribution is -2.11.